The van der Waals surface area contributed by atoms with Crippen LogP contribution in [0.4, 0.5) is 17.3 Å². The van der Waals surface area contributed by atoms with Crippen LogP contribution in [0.5, 0.6) is 0 Å². The molecule has 100 valence electrons. The highest BCUT2D eigenvalue weighted by Crippen LogP contribution is 2.06. The molecule has 0 heterocycles. The Hall–Kier alpha value is -0.975. The van der Waals surface area contributed by atoms with Crippen molar-refractivity contribution in [3.63, 3.8) is 0 Å². The predicted octanol–water partition coefficient (Wildman–Crippen LogP) is 2.83. The fourth-order valence-corrected chi connectivity index (χ4v) is 0.609. The van der Waals surface area contributed by atoms with Gasteiger partial charge in [0.1, 0.15) is 14.1 Å². The lowest BCUT2D eigenvalue weighted by atomic mass is 10.3. The van der Waals surface area contributed by atoms with Crippen LogP contribution in [0.3, 0.4) is 0 Å². The van der Waals surface area contributed by atoms with Crippen molar-refractivity contribution in [1.82, 2.24) is 4.90 Å². The zero-order valence-corrected chi connectivity index (χ0v) is 10.9. The van der Waals surface area contributed by atoms with E-state index >= 15 is 0 Å². The van der Waals surface area contributed by atoms with Crippen LogP contribution in [0.25, 0.3) is 0 Å². The molecular formula is C9H16BClF4N2. The summed E-state index contributed by atoms with van der Waals surface area (Å²) in [5.41, 5.74) is 0. The van der Waals surface area contributed by atoms with Gasteiger partial charge in [-0.3, -0.25) is 0 Å². The molecule has 0 saturated carbocycles. The number of rotatable bonds is 3. The molecule has 0 fully saturated rings. The fraction of sp³-hybridized carbons (Fsp3) is 0.444. The average Bonchev–Trinajstić information content (AvgIpc) is 2.08. The minimum Gasteiger partial charge on any atom is -0.418 e. The second-order valence-electron chi connectivity index (χ2n) is 3.44. The van der Waals surface area contributed by atoms with Crippen molar-refractivity contribution in [2.45, 2.75) is 0 Å². The van der Waals surface area contributed by atoms with Crippen LogP contribution >= 0.6 is 11.6 Å². The molecule has 0 spiro atoms. The van der Waals surface area contributed by atoms with Crippen molar-refractivity contribution in [2.75, 3.05) is 28.2 Å². The first-order chi connectivity index (χ1) is 7.52. The van der Waals surface area contributed by atoms with Gasteiger partial charge in [0, 0.05) is 25.2 Å². The summed E-state index contributed by atoms with van der Waals surface area (Å²) >= 11 is 5.86. The zero-order chi connectivity index (χ0) is 14.1. The fourth-order valence-electron chi connectivity index (χ4n) is 0.496. The molecule has 0 aliphatic carbocycles. The largest absolute Gasteiger partial charge is 0.673 e. The van der Waals surface area contributed by atoms with Crippen LogP contribution in [0.2, 0.25) is 0 Å². The Morgan fingerprint density at radius 2 is 1.59 bits per heavy atom. The van der Waals surface area contributed by atoms with E-state index < -0.39 is 7.25 Å². The van der Waals surface area contributed by atoms with E-state index in [0.717, 1.165) is 5.03 Å². The number of nitrogens with zero attached hydrogens (tertiary/aromatic N) is 2. The maximum atomic E-state index is 9.75. The van der Waals surface area contributed by atoms with Crippen LogP contribution in [-0.4, -0.2) is 51.1 Å². The quantitative estimate of drug-likeness (QED) is 0.252. The molecule has 8 heteroatoms. The van der Waals surface area contributed by atoms with Crippen LogP contribution in [0.15, 0.2) is 23.4 Å². The highest BCUT2D eigenvalue weighted by atomic mass is 35.5. The highest BCUT2D eigenvalue weighted by Gasteiger charge is 2.20. The lowest BCUT2D eigenvalue weighted by molar-refractivity contribution is -0.458. The van der Waals surface area contributed by atoms with Gasteiger partial charge >= 0.3 is 7.25 Å². The maximum Gasteiger partial charge on any atom is 0.673 e. The summed E-state index contributed by atoms with van der Waals surface area (Å²) in [6.07, 6.45) is 7.51. The van der Waals surface area contributed by atoms with E-state index in [-0.39, 0.29) is 0 Å². The first-order valence-electron chi connectivity index (χ1n) is 4.61. The third-order valence-electron chi connectivity index (χ3n) is 1.06. The maximum absolute atomic E-state index is 9.75. The Morgan fingerprint density at radius 3 is 1.88 bits per heavy atom. The van der Waals surface area contributed by atoms with Gasteiger partial charge in [-0.1, -0.05) is 11.6 Å². The summed E-state index contributed by atoms with van der Waals surface area (Å²) in [4.78, 5) is 1.94. The third kappa shape index (κ3) is 31.3. The number of hydrogen-bond acceptors (Lipinski definition) is 1. The van der Waals surface area contributed by atoms with Gasteiger partial charge < -0.3 is 22.2 Å². The molecule has 0 atom stereocenters. The van der Waals surface area contributed by atoms with Gasteiger partial charge in [0.2, 0.25) is 0 Å². The average molecular weight is 274 g/mol. The molecule has 2 nitrogen and oxygen atoms in total. The van der Waals surface area contributed by atoms with Crippen molar-refractivity contribution < 1.29 is 21.8 Å². The van der Waals surface area contributed by atoms with Crippen LogP contribution in [0.1, 0.15) is 0 Å². The van der Waals surface area contributed by atoms with Crippen molar-refractivity contribution >= 4 is 25.1 Å². The minimum atomic E-state index is -6.00. The van der Waals surface area contributed by atoms with E-state index in [9.17, 15) is 17.3 Å². The van der Waals surface area contributed by atoms with Crippen LogP contribution in [0, 0.1) is 0 Å². The van der Waals surface area contributed by atoms with Gasteiger partial charge in [-0.15, -0.1) is 0 Å². The van der Waals surface area contributed by atoms with Gasteiger partial charge in [0.25, 0.3) is 0 Å². The summed E-state index contributed by atoms with van der Waals surface area (Å²) in [5, 5.41) is 0.720. The van der Waals surface area contributed by atoms with Crippen molar-refractivity contribution in [1.29, 1.82) is 0 Å². The first kappa shape index (κ1) is 18.4. The van der Waals surface area contributed by atoms with Crippen LogP contribution in [-0.2, 0) is 0 Å². The molecule has 0 amide bonds. The Bertz CT molecular complexity index is 288. The van der Waals surface area contributed by atoms with Gasteiger partial charge in [-0.05, 0) is 12.3 Å². The van der Waals surface area contributed by atoms with Gasteiger partial charge in [-0.2, -0.15) is 0 Å². The van der Waals surface area contributed by atoms with Crippen LogP contribution < -0.4 is 0 Å². The van der Waals surface area contributed by atoms with E-state index in [2.05, 4.69) is 0 Å². The monoisotopic (exact) mass is 274 g/mol. The summed E-state index contributed by atoms with van der Waals surface area (Å²) < 4.78 is 40.9. The molecule has 0 bridgehead atoms. The van der Waals surface area contributed by atoms with E-state index in [1.54, 1.807) is 0 Å². The molecule has 0 aliphatic heterocycles. The molecule has 0 N–H and O–H groups in total. The van der Waals surface area contributed by atoms with Gasteiger partial charge in [0.05, 0.1) is 0 Å². The summed E-state index contributed by atoms with van der Waals surface area (Å²) in [6, 6.07) is 0. The molecular weight excluding hydrogens is 258 g/mol. The lowest BCUT2D eigenvalue weighted by Crippen LogP contribution is -2.02. The topological polar surface area (TPSA) is 6.25 Å². The highest BCUT2D eigenvalue weighted by molar-refractivity contribution is 6.50. The first-order valence-corrected chi connectivity index (χ1v) is 4.99. The predicted molar refractivity (Wildman–Crippen MR) is 65.1 cm³/mol. The molecule has 0 radical (unpaired) electrons. The standard InChI is InChI=1S/C9H16ClN2.BF4/c1-11(2)7-5-9(10)6-8-12(3)4;2-1(3,4)5/h5-8H,1-4H3;/q+1;-1. The molecule has 0 aromatic heterocycles. The second-order valence-corrected chi connectivity index (χ2v) is 3.87. The van der Waals surface area contributed by atoms with E-state index in [4.69, 9.17) is 11.6 Å². The van der Waals surface area contributed by atoms with Gasteiger partial charge in [-0.25, -0.2) is 4.58 Å². The van der Waals surface area contributed by atoms with E-state index in [1.807, 2.05) is 62.2 Å². The smallest absolute Gasteiger partial charge is 0.418 e. The second kappa shape index (κ2) is 9.10. The Labute approximate surface area is 104 Å². The SMILES string of the molecule is CN(C)/C=C/C(Cl)=C/C=[N+](C)C.F[B-](F)(F)F. The molecule has 0 aliphatic rings. The van der Waals surface area contributed by atoms with Gasteiger partial charge in [0.15, 0.2) is 6.21 Å². The zero-order valence-electron chi connectivity index (χ0n) is 10.2. The normalized spacial score (nSPS) is 11.9. The van der Waals surface area contributed by atoms with Crippen molar-refractivity contribution in [2.24, 2.45) is 0 Å². The Balaban J connectivity index is 0. The summed E-state index contributed by atoms with van der Waals surface area (Å²) in [6.45, 7) is 0. The molecule has 0 saturated heterocycles. The minimum absolute atomic E-state index is 0.720. The Morgan fingerprint density at radius 1 is 1.18 bits per heavy atom. The summed E-state index contributed by atoms with van der Waals surface area (Å²) in [5.74, 6) is 0. The van der Waals surface area contributed by atoms with Crippen molar-refractivity contribution in [3.05, 3.63) is 23.4 Å². The molecule has 17 heavy (non-hydrogen) atoms. The molecule has 0 aromatic carbocycles. The molecule has 0 unspecified atom stereocenters. The lowest BCUT2D eigenvalue weighted by Gasteiger charge is -2.01. The number of hydrogen-bond donors (Lipinski definition) is 0. The molecule has 0 rings (SSSR count). The van der Waals surface area contributed by atoms with Crippen molar-refractivity contribution in [3.8, 4) is 0 Å². The number of allylic oxidation sites excluding steroid dienone is 3. The van der Waals surface area contributed by atoms with E-state index in [1.165, 1.54) is 0 Å². The third-order valence-corrected chi connectivity index (χ3v) is 1.32. The van der Waals surface area contributed by atoms with E-state index in [0.29, 0.717) is 0 Å². The molecule has 0 aromatic rings. The summed E-state index contributed by atoms with van der Waals surface area (Å²) in [7, 11) is 1.82. The Kier molecular flexibility index (Phi) is 9.84. The number of halogens is 5.